The van der Waals surface area contributed by atoms with Crippen molar-refractivity contribution in [2.45, 2.75) is 72.5 Å². The summed E-state index contributed by atoms with van der Waals surface area (Å²) in [6, 6.07) is 8.07. The number of rotatable bonds is 10. The van der Waals surface area contributed by atoms with E-state index in [-0.39, 0.29) is 43.2 Å². The fraction of sp³-hybridized carbons (Fsp3) is 0.448. The molecule has 2 aromatic rings. The van der Waals surface area contributed by atoms with Gasteiger partial charge in [-0.3, -0.25) is 29.8 Å². The molecule has 0 saturated carbocycles. The molecular formula is C29H41FN4O14. The summed E-state index contributed by atoms with van der Waals surface area (Å²) in [4.78, 5) is 60.3. The van der Waals surface area contributed by atoms with Crippen molar-refractivity contribution in [1.82, 2.24) is 0 Å². The highest BCUT2D eigenvalue weighted by Gasteiger charge is 2.21. The van der Waals surface area contributed by atoms with Gasteiger partial charge in [0.25, 0.3) is 0 Å². The van der Waals surface area contributed by atoms with Crippen LogP contribution in [0.2, 0.25) is 0 Å². The Balaban J connectivity index is 0. The number of carboxylic acids is 2. The van der Waals surface area contributed by atoms with E-state index in [0.29, 0.717) is 5.56 Å². The molecule has 0 saturated heterocycles. The molecule has 0 unspecified atom stereocenters. The van der Waals surface area contributed by atoms with Crippen LogP contribution in [0.3, 0.4) is 0 Å². The molecule has 18 nitrogen and oxygen atoms in total. The number of aryl methyl sites for hydroxylation is 1. The van der Waals surface area contributed by atoms with Crippen LogP contribution in [0.4, 0.5) is 25.4 Å². The number of carbonyl (C=O) groups is 4. The molecule has 2 rings (SSSR count). The first-order valence-electron chi connectivity index (χ1n) is 13.7. The van der Waals surface area contributed by atoms with Crippen molar-refractivity contribution in [2.24, 2.45) is 11.5 Å². The first-order valence-corrected chi connectivity index (χ1v) is 13.7. The van der Waals surface area contributed by atoms with Crippen LogP contribution in [0, 0.1) is 33.0 Å². The van der Waals surface area contributed by atoms with E-state index in [9.17, 15) is 43.8 Å². The zero-order valence-corrected chi connectivity index (χ0v) is 27.5. The molecule has 19 heteroatoms. The van der Waals surface area contributed by atoms with Crippen molar-refractivity contribution in [1.29, 1.82) is 0 Å². The lowest BCUT2D eigenvalue weighted by Crippen LogP contribution is -2.27. The van der Waals surface area contributed by atoms with Crippen molar-refractivity contribution in [3.05, 3.63) is 68.0 Å². The third kappa shape index (κ3) is 22.7. The van der Waals surface area contributed by atoms with Gasteiger partial charge in [-0.1, -0.05) is 18.2 Å². The van der Waals surface area contributed by atoms with Crippen LogP contribution in [-0.2, 0) is 19.1 Å². The molecule has 0 aliphatic rings. The monoisotopic (exact) mass is 688 g/mol. The predicted octanol–water partition coefficient (Wildman–Crippen LogP) is 5.10. The number of benzene rings is 2. The summed E-state index contributed by atoms with van der Waals surface area (Å²) in [5, 5.41) is 38.0. The van der Waals surface area contributed by atoms with E-state index in [1.54, 1.807) is 60.6 Å². The zero-order valence-electron chi connectivity index (χ0n) is 27.5. The average Bonchev–Trinajstić information content (AvgIpc) is 2.86. The Labute approximate surface area is 275 Å². The van der Waals surface area contributed by atoms with Gasteiger partial charge in [0.05, 0.1) is 35.9 Å². The minimum Gasteiger partial charge on any atom is -0.486 e. The maximum absolute atomic E-state index is 13.0. The van der Waals surface area contributed by atoms with E-state index in [4.69, 9.17) is 31.2 Å². The zero-order chi connectivity index (χ0) is 37.8. The van der Waals surface area contributed by atoms with Gasteiger partial charge >= 0.3 is 35.5 Å². The lowest BCUT2D eigenvalue weighted by molar-refractivity contribution is -0.388. The second kappa shape index (κ2) is 21.1. The van der Waals surface area contributed by atoms with Crippen LogP contribution < -0.4 is 20.9 Å². The van der Waals surface area contributed by atoms with Gasteiger partial charge in [0, 0.05) is 5.56 Å². The molecule has 0 fully saturated rings. The highest BCUT2D eigenvalue weighted by molar-refractivity contribution is 5.67. The second-order valence-electron chi connectivity index (χ2n) is 11.1. The van der Waals surface area contributed by atoms with Gasteiger partial charge in [-0.2, -0.15) is 4.39 Å². The SMILES string of the molecule is CC(C)(C)OC(N)=O.CC(C)(C)OC(N)=O.Cc1cccc(OCCC(=O)O)c1[N+](=O)[O-].O=C(O)CCOc1cccc(F)c1[N+](=O)[O-]. The quantitative estimate of drug-likeness (QED) is 0.186. The van der Waals surface area contributed by atoms with Gasteiger partial charge in [-0.15, -0.1) is 0 Å². The van der Waals surface area contributed by atoms with Crippen molar-refractivity contribution in [3.8, 4) is 11.5 Å². The van der Waals surface area contributed by atoms with Gasteiger partial charge in [-0.25, -0.2) is 9.59 Å². The number of nitrogens with zero attached hydrogens (tertiary/aromatic N) is 2. The Morgan fingerprint density at radius 2 is 1.08 bits per heavy atom. The van der Waals surface area contributed by atoms with Crippen LogP contribution in [0.25, 0.3) is 0 Å². The van der Waals surface area contributed by atoms with Crippen LogP contribution in [0.15, 0.2) is 36.4 Å². The van der Waals surface area contributed by atoms with E-state index >= 15 is 0 Å². The summed E-state index contributed by atoms with van der Waals surface area (Å²) in [6.45, 7) is 11.8. The molecule has 0 bridgehead atoms. The topological polar surface area (TPSA) is 284 Å². The number of carboxylic acid groups (broad SMARTS) is 2. The van der Waals surface area contributed by atoms with Crippen LogP contribution in [0.5, 0.6) is 11.5 Å². The molecule has 268 valence electrons. The Bertz CT molecular complexity index is 1300. The number of hydrogen-bond donors (Lipinski definition) is 4. The Kier molecular flexibility index (Phi) is 19.5. The van der Waals surface area contributed by atoms with Crippen LogP contribution in [0.1, 0.15) is 59.9 Å². The van der Waals surface area contributed by atoms with Crippen molar-refractivity contribution in [2.75, 3.05) is 13.2 Å². The molecular weight excluding hydrogens is 647 g/mol. The fourth-order valence-corrected chi connectivity index (χ4v) is 2.87. The normalized spacial score (nSPS) is 10.2. The summed E-state index contributed by atoms with van der Waals surface area (Å²) >= 11 is 0. The van der Waals surface area contributed by atoms with E-state index in [2.05, 4.69) is 9.47 Å². The molecule has 48 heavy (non-hydrogen) atoms. The lowest BCUT2D eigenvalue weighted by Gasteiger charge is -2.16. The largest absolute Gasteiger partial charge is 0.486 e. The molecule has 0 radical (unpaired) electrons. The van der Waals surface area contributed by atoms with Crippen molar-refractivity contribution >= 4 is 35.5 Å². The first-order chi connectivity index (χ1) is 21.9. The predicted molar refractivity (Wildman–Crippen MR) is 167 cm³/mol. The molecule has 2 amide bonds. The van der Waals surface area contributed by atoms with E-state index in [0.717, 1.165) is 6.07 Å². The highest BCUT2D eigenvalue weighted by Crippen LogP contribution is 2.30. The first kappa shape index (κ1) is 44.4. The van der Waals surface area contributed by atoms with E-state index < -0.39 is 56.7 Å². The number of primary amides is 2. The third-order valence-corrected chi connectivity index (χ3v) is 4.48. The number of amides is 2. The molecule has 0 aromatic heterocycles. The van der Waals surface area contributed by atoms with Crippen molar-refractivity contribution in [3.63, 3.8) is 0 Å². The highest BCUT2D eigenvalue weighted by atomic mass is 19.1. The molecule has 0 aliphatic heterocycles. The molecule has 0 aliphatic carbocycles. The van der Waals surface area contributed by atoms with Crippen molar-refractivity contribution < 1.29 is 62.6 Å². The summed E-state index contributed by atoms with van der Waals surface area (Å²) in [5.41, 5.74) is 8.11. The third-order valence-electron chi connectivity index (χ3n) is 4.48. The lowest BCUT2D eigenvalue weighted by atomic mass is 10.2. The smallest absolute Gasteiger partial charge is 0.405 e. The summed E-state index contributed by atoms with van der Waals surface area (Å²) in [7, 11) is 0. The Hall–Kier alpha value is -5.75. The van der Waals surface area contributed by atoms with Crippen LogP contribution >= 0.6 is 0 Å². The number of nitro benzene ring substituents is 2. The maximum atomic E-state index is 13.0. The Morgan fingerprint density at radius 1 is 0.729 bits per heavy atom. The molecule has 6 N–H and O–H groups in total. The standard InChI is InChI=1S/C10H11NO5.C9H8FNO5.2C5H11NO2/c1-7-3-2-4-8(10(7)11(14)15)16-6-5-9(12)13;10-6-2-1-3-7(9(6)11(14)15)16-5-4-8(12)13;2*1-5(2,3)8-4(6)7/h2-4H,5-6H2,1H3,(H,12,13);1-3H,4-5H2,(H,12,13);2*1-3H3,(H2,6,7). The number of para-hydroxylation sites is 2. The van der Waals surface area contributed by atoms with Gasteiger partial charge < -0.3 is 40.6 Å². The average molecular weight is 689 g/mol. The van der Waals surface area contributed by atoms with E-state index in [1.807, 2.05) is 0 Å². The number of ether oxygens (including phenoxy) is 4. The number of nitro groups is 2. The van der Waals surface area contributed by atoms with Gasteiger partial charge in [0.2, 0.25) is 5.82 Å². The van der Waals surface area contributed by atoms with E-state index in [1.165, 1.54) is 18.2 Å². The molecule has 0 spiro atoms. The van der Waals surface area contributed by atoms with Gasteiger partial charge in [0.1, 0.15) is 11.2 Å². The molecule has 0 heterocycles. The van der Waals surface area contributed by atoms with Crippen LogP contribution in [-0.4, -0.2) is 68.6 Å². The number of hydrogen-bond acceptors (Lipinski definition) is 12. The molecule has 0 atom stereocenters. The minimum absolute atomic E-state index is 0.0837. The second-order valence-corrected chi connectivity index (χ2v) is 11.1. The summed E-state index contributed by atoms with van der Waals surface area (Å²) in [6.07, 6.45) is -1.95. The van der Waals surface area contributed by atoms with Gasteiger partial charge in [0.15, 0.2) is 11.5 Å². The number of aliphatic carboxylic acids is 2. The number of nitrogens with two attached hydrogens (primary N) is 2. The number of carbonyl (C=O) groups excluding carboxylic acids is 2. The fourth-order valence-electron chi connectivity index (χ4n) is 2.87. The summed E-state index contributed by atoms with van der Waals surface area (Å²) in [5.74, 6) is -3.29. The molecule has 2 aromatic carbocycles. The maximum Gasteiger partial charge on any atom is 0.405 e. The minimum atomic E-state index is -1.10. The summed E-state index contributed by atoms with van der Waals surface area (Å²) < 4.78 is 32.1. The Morgan fingerprint density at radius 3 is 1.38 bits per heavy atom. The van der Waals surface area contributed by atoms with Gasteiger partial charge in [-0.05, 0) is 66.7 Å². The number of halogens is 1.